The summed E-state index contributed by atoms with van der Waals surface area (Å²) < 4.78 is 6.56. The molecule has 2 rings (SSSR count). The molecule has 0 bridgehead atoms. The number of benzene rings is 1. The second kappa shape index (κ2) is 4.11. The molecule has 0 aliphatic heterocycles. The first kappa shape index (κ1) is 9.68. The Balaban J connectivity index is 2.36. The van der Waals surface area contributed by atoms with Gasteiger partial charge in [-0.2, -0.15) is 0 Å². The molecule has 74 valence electrons. The number of rotatable bonds is 3. The summed E-state index contributed by atoms with van der Waals surface area (Å²) in [5, 5.41) is 3.06. The molecule has 1 heterocycles. The first-order chi connectivity index (χ1) is 6.81. The van der Waals surface area contributed by atoms with Crippen molar-refractivity contribution in [2.24, 2.45) is 0 Å². The molecule has 4 heteroatoms. The van der Waals surface area contributed by atoms with Crippen LogP contribution in [0.3, 0.4) is 0 Å². The van der Waals surface area contributed by atoms with Gasteiger partial charge < -0.3 is 9.73 Å². The zero-order valence-corrected chi connectivity index (χ0v) is 9.47. The third-order valence-corrected chi connectivity index (χ3v) is 2.62. The fourth-order valence-corrected chi connectivity index (χ4v) is 1.74. The van der Waals surface area contributed by atoms with Crippen LogP contribution in [-0.4, -0.2) is 18.6 Å². The van der Waals surface area contributed by atoms with Gasteiger partial charge in [0.15, 0.2) is 11.5 Å². The van der Waals surface area contributed by atoms with E-state index >= 15 is 0 Å². The summed E-state index contributed by atoms with van der Waals surface area (Å²) in [6.07, 6.45) is 0.817. The minimum Gasteiger partial charge on any atom is -0.439 e. The molecule has 14 heavy (non-hydrogen) atoms. The van der Waals surface area contributed by atoms with Crippen LogP contribution in [0.15, 0.2) is 27.1 Å². The van der Waals surface area contributed by atoms with Gasteiger partial charge >= 0.3 is 0 Å². The number of aromatic nitrogens is 1. The highest BCUT2D eigenvalue weighted by Crippen LogP contribution is 2.24. The molecule has 0 saturated carbocycles. The average molecular weight is 255 g/mol. The normalized spacial score (nSPS) is 11.0. The zero-order chi connectivity index (χ0) is 9.97. The molecule has 0 spiro atoms. The van der Waals surface area contributed by atoms with E-state index < -0.39 is 0 Å². The fourth-order valence-electron chi connectivity index (χ4n) is 1.30. The third-order valence-electron chi connectivity index (χ3n) is 2.00. The molecule has 0 amide bonds. The van der Waals surface area contributed by atoms with Crippen LogP contribution in [0.25, 0.3) is 11.1 Å². The van der Waals surface area contributed by atoms with Crippen molar-refractivity contribution < 1.29 is 4.42 Å². The number of para-hydroxylation sites is 1. The minimum absolute atomic E-state index is 0.779. The summed E-state index contributed by atoms with van der Waals surface area (Å²) in [5.41, 5.74) is 1.74. The highest BCUT2D eigenvalue weighted by atomic mass is 79.9. The van der Waals surface area contributed by atoms with Crippen LogP contribution >= 0.6 is 15.9 Å². The molecule has 2 aromatic rings. The Labute approximate surface area is 90.6 Å². The number of likely N-dealkylation sites (N-methyl/N-ethyl adjacent to an activating group) is 1. The van der Waals surface area contributed by atoms with Gasteiger partial charge in [-0.15, -0.1) is 0 Å². The molecule has 0 unspecified atom stereocenters. The van der Waals surface area contributed by atoms with Gasteiger partial charge in [-0.3, -0.25) is 0 Å². The van der Waals surface area contributed by atoms with E-state index in [9.17, 15) is 0 Å². The molecular weight excluding hydrogens is 244 g/mol. The summed E-state index contributed by atoms with van der Waals surface area (Å²) in [6.45, 7) is 0.879. The standard InChI is InChI=1S/C10H11BrN2O/c1-12-6-5-9-13-8-4-2-3-7(11)10(8)14-9/h2-4,12H,5-6H2,1H3. The maximum absolute atomic E-state index is 5.60. The highest BCUT2D eigenvalue weighted by Gasteiger charge is 2.07. The maximum atomic E-state index is 5.60. The lowest BCUT2D eigenvalue weighted by Gasteiger charge is -1.92. The van der Waals surface area contributed by atoms with E-state index in [1.165, 1.54) is 0 Å². The molecule has 0 saturated heterocycles. The highest BCUT2D eigenvalue weighted by molar-refractivity contribution is 9.10. The summed E-state index contributed by atoms with van der Waals surface area (Å²) in [6, 6.07) is 5.86. The van der Waals surface area contributed by atoms with Crippen LogP contribution in [0.2, 0.25) is 0 Å². The summed E-state index contributed by atoms with van der Waals surface area (Å²) >= 11 is 3.43. The Morgan fingerprint density at radius 3 is 3.07 bits per heavy atom. The second-order valence-electron chi connectivity index (χ2n) is 3.05. The first-order valence-electron chi connectivity index (χ1n) is 4.50. The molecule has 0 radical (unpaired) electrons. The van der Waals surface area contributed by atoms with Gasteiger partial charge in [0.05, 0.1) is 4.47 Å². The van der Waals surface area contributed by atoms with Gasteiger partial charge in [-0.05, 0) is 35.1 Å². The molecular formula is C10H11BrN2O. The number of hydrogen-bond acceptors (Lipinski definition) is 3. The lowest BCUT2D eigenvalue weighted by Crippen LogP contribution is -2.10. The van der Waals surface area contributed by atoms with Gasteiger partial charge in [-0.25, -0.2) is 4.98 Å². The topological polar surface area (TPSA) is 38.1 Å². The van der Waals surface area contributed by atoms with Crippen LogP contribution in [-0.2, 0) is 6.42 Å². The number of halogens is 1. The van der Waals surface area contributed by atoms with Gasteiger partial charge in [0.25, 0.3) is 0 Å². The van der Waals surface area contributed by atoms with E-state index in [1.807, 2.05) is 25.2 Å². The number of fused-ring (bicyclic) bond motifs is 1. The predicted octanol–water partition coefficient (Wildman–Crippen LogP) is 2.35. The summed E-state index contributed by atoms with van der Waals surface area (Å²) in [5.74, 6) is 0.779. The Hall–Kier alpha value is -0.870. The quantitative estimate of drug-likeness (QED) is 0.914. The first-order valence-corrected chi connectivity index (χ1v) is 5.29. The molecule has 3 nitrogen and oxygen atoms in total. The van der Waals surface area contributed by atoms with Crippen LogP contribution in [0, 0.1) is 0 Å². The van der Waals surface area contributed by atoms with Gasteiger partial charge in [0, 0.05) is 13.0 Å². The maximum Gasteiger partial charge on any atom is 0.196 e. The second-order valence-corrected chi connectivity index (χ2v) is 3.90. The predicted molar refractivity (Wildman–Crippen MR) is 59.3 cm³/mol. The van der Waals surface area contributed by atoms with Crippen molar-refractivity contribution in [2.45, 2.75) is 6.42 Å². The minimum atomic E-state index is 0.779. The average Bonchev–Trinajstić information content (AvgIpc) is 2.59. The SMILES string of the molecule is CNCCc1nc2cccc(Br)c2o1. The van der Waals surface area contributed by atoms with Crippen LogP contribution in [0.5, 0.6) is 0 Å². The van der Waals surface area contributed by atoms with Crippen molar-refractivity contribution in [1.82, 2.24) is 10.3 Å². The fraction of sp³-hybridized carbons (Fsp3) is 0.300. The van der Waals surface area contributed by atoms with Crippen molar-refractivity contribution in [3.8, 4) is 0 Å². The zero-order valence-electron chi connectivity index (χ0n) is 7.88. The van der Waals surface area contributed by atoms with Crippen molar-refractivity contribution in [3.63, 3.8) is 0 Å². The van der Waals surface area contributed by atoms with Gasteiger partial charge in [0.1, 0.15) is 5.52 Å². The molecule has 1 aromatic heterocycles. The molecule has 0 atom stereocenters. The number of hydrogen-bond donors (Lipinski definition) is 1. The Morgan fingerprint density at radius 2 is 2.36 bits per heavy atom. The van der Waals surface area contributed by atoms with Crippen molar-refractivity contribution in [3.05, 3.63) is 28.6 Å². The molecule has 0 aliphatic carbocycles. The van der Waals surface area contributed by atoms with Crippen molar-refractivity contribution in [2.75, 3.05) is 13.6 Å². The Kier molecular flexibility index (Phi) is 2.84. The van der Waals surface area contributed by atoms with Crippen molar-refractivity contribution in [1.29, 1.82) is 0 Å². The molecule has 0 aliphatic rings. The van der Waals surface area contributed by atoms with E-state index in [-0.39, 0.29) is 0 Å². The van der Waals surface area contributed by atoms with E-state index in [2.05, 4.69) is 26.2 Å². The number of nitrogens with one attached hydrogen (secondary N) is 1. The monoisotopic (exact) mass is 254 g/mol. The number of oxazole rings is 1. The van der Waals surface area contributed by atoms with E-state index in [0.717, 1.165) is 34.4 Å². The van der Waals surface area contributed by atoms with Crippen LogP contribution in [0.4, 0.5) is 0 Å². The molecule has 0 fully saturated rings. The Morgan fingerprint density at radius 1 is 1.50 bits per heavy atom. The van der Waals surface area contributed by atoms with Gasteiger partial charge in [-0.1, -0.05) is 6.07 Å². The summed E-state index contributed by atoms with van der Waals surface area (Å²) in [7, 11) is 1.92. The lowest BCUT2D eigenvalue weighted by atomic mass is 10.3. The molecule has 1 N–H and O–H groups in total. The smallest absolute Gasteiger partial charge is 0.196 e. The van der Waals surface area contributed by atoms with E-state index in [1.54, 1.807) is 0 Å². The van der Waals surface area contributed by atoms with E-state index in [0.29, 0.717) is 0 Å². The summed E-state index contributed by atoms with van der Waals surface area (Å²) in [4.78, 5) is 4.37. The van der Waals surface area contributed by atoms with Gasteiger partial charge in [0.2, 0.25) is 0 Å². The molecule has 1 aromatic carbocycles. The van der Waals surface area contributed by atoms with Crippen LogP contribution in [0.1, 0.15) is 5.89 Å². The number of nitrogens with zero attached hydrogens (tertiary/aromatic N) is 1. The largest absolute Gasteiger partial charge is 0.439 e. The van der Waals surface area contributed by atoms with E-state index in [4.69, 9.17) is 4.42 Å². The van der Waals surface area contributed by atoms with Crippen molar-refractivity contribution >= 4 is 27.0 Å². The lowest BCUT2D eigenvalue weighted by molar-refractivity contribution is 0.521. The van der Waals surface area contributed by atoms with Crippen LogP contribution < -0.4 is 5.32 Å². The Bertz CT molecular complexity index is 439. The third kappa shape index (κ3) is 1.81.